The standard InChI is InChI=1S/C18H21N3O7/c1-9-14(17(23)28-11-5-3-4-6-11)15(20-18(24)19-9)10-7-12(21(25)26)16(22)13(8-10)27-2/h7-8,11,15,22H,3-6H2,1-2H3,(H2,19,20,24)/t15-/m0/s1. The summed E-state index contributed by atoms with van der Waals surface area (Å²) in [6, 6.07) is 0.893. The fraction of sp³-hybridized carbons (Fsp3) is 0.444. The number of esters is 1. The molecular formula is C18H21N3O7. The Kier molecular flexibility index (Phi) is 5.39. The lowest BCUT2D eigenvalue weighted by Crippen LogP contribution is -2.45. The van der Waals surface area contributed by atoms with Crippen molar-refractivity contribution in [3.8, 4) is 11.5 Å². The number of nitro groups is 1. The first-order valence-electron chi connectivity index (χ1n) is 8.86. The van der Waals surface area contributed by atoms with Crippen molar-refractivity contribution >= 4 is 17.7 Å². The molecule has 1 saturated carbocycles. The van der Waals surface area contributed by atoms with Crippen LogP contribution in [-0.2, 0) is 9.53 Å². The second kappa shape index (κ2) is 7.75. The van der Waals surface area contributed by atoms with Crippen molar-refractivity contribution in [3.63, 3.8) is 0 Å². The maximum atomic E-state index is 12.8. The van der Waals surface area contributed by atoms with E-state index < -0.39 is 34.4 Å². The average molecular weight is 391 g/mol. The molecule has 0 aromatic heterocycles. The van der Waals surface area contributed by atoms with Crippen LogP contribution in [0.15, 0.2) is 23.4 Å². The lowest BCUT2D eigenvalue weighted by molar-refractivity contribution is -0.386. The summed E-state index contributed by atoms with van der Waals surface area (Å²) in [5.74, 6) is -1.37. The van der Waals surface area contributed by atoms with Gasteiger partial charge in [-0.3, -0.25) is 10.1 Å². The van der Waals surface area contributed by atoms with Gasteiger partial charge in [0.1, 0.15) is 6.10 Å². The molecule has 2 aliphatic rings. The van der Waals surface area contributed by atoms with E-state index in [2.05, 4.69) is 10.6 Å². The number of methoxy groups -OCH3 is 1. The average Bonchev–Trinajstić information content (AvgIpc) is 3.13. The van der Waals surface area contributed by atoms with E-state index in [0.717, 1.165) is 31.7 Å². The molecular weight excluding hydrogens is 370 g/mol. The smallest absolute Gasteiger partial charge is 0.338 e. The third kappa shape index (κ3) is 3.71. The fourth-order valence-electron chi connectivity index (χ4n) is 3.51. The van der Waals surface area contributed by atoms with Crippen LogP contribution < -0.4 is 15.4 Å². The predicted molar refractivity (Wildman–Crippen MR) is 96.8 cm³/mol. The number of aromatic hydroxyl groups is 1. The lowest BCUT2D eigenvalue weighted by atomic mass is 9.94. The highest BCUT2D eigenvalue weighted by Gasteiger charge is 2.35. The van der Waals surface area contributed by atoms with Crippen LogP contribution in [0.25, 0.3) is 0 Å². The van der Waals surface area contributed by atoms with Gasteiger partial charge in [-0.2, -0.15) is 0 Å². The molecule has 1 aliphatic carbocycles. The Hall–Kier alpha value is -3.30. The van der Waals surface area contributed by atoms with Gasteiger partial charge in [-0.05, 0) is 44.2 Å². The highest BCUT2D eigenvalue weighted by atomic mass is 16.6. The van der Waals surface area contributed by atoms with E-state index in [4.69, 9.17) is 9.47 Å². The Morgan fingerprint density at radius 3 is 2.61 bits per heavy atom. The van der Waals surface area contributed by atoms with Crippen LogP contribution in [0.2, 0.25) is 0 Å². The van der Waals surface area contributed by atoms with Gasteiger partial charge < -0.3 is 25.2 Å². The molecule has 0 spiro atoms. The van der Waals surface area contributed by atoms with Crippen LogP contribution in [-0.4, -0.2) is 35.2 Å². The van der Waals surface area contributed by atoms with Gasteiger partial charge >= 0.3 is 17.7 Å². The van der Waals surface area contributed by atoms with Crippen LogP contribution in [0.4, 0.5) is 10.5 Å². The number of phenols is 1. The van der Waals surface area contributed by atoms with Crippen molar-refractivity contribution in [1.29, 1.82) is 0 Å². The number of nitrogens with zero attached hydrogens (tertiary/aromatic N) is 1. The molecule has 10 heteroatoms. The van der Waals surface area contributed by atoms with Crippen LogP contribution in [0.3, 0.4) is 0 Å². The van der Waals surface area contributed by atoms with E-state index in [9.17, 15) is 24.8 Å². The summed E-state index contributed by atoms with van der Waals surface area (Å²) in [5.41, 5.74) is 0.0669. The first-order chi connectivity index (χ1) is 13.3. The normalized spacial score (nSPS) is 19.8. The van der Waals surface area contributed by atoms with Crippen molar-refractivity contribution < 1.29 is 29.1 Å². The third-order valence-electron chi connectivity index (χ3n) is 4.89. The molecule has 1 aromatic rings. The van der Waals surface area contributed by atoms with Crippen LogP contribution in [0, 0.1) is 10.1 Å². The number of carbonyl (C=O) groups is 2. The number of carbonyl (C=O) groups excluding carboxylic acids is 2. The highest BCUT2D eigenvalue weighted by molar-refractivity contribution is 5.95. The maximum Gasteiger partial charge on any atom is 0.338 e. The minimum Gasteiger partial charge on any atom is -0.500 e. The van der Waals surface area contributed by atoms with Crippen molar-refractivity contribution in [2.75, 3.05) is 7.11 Å². The molecule has 0 radical (unpaired) electrons. The molecule has 1 fully saturated rings. The Morgan fingerprint density at radius 1 is 1.32 bits per heavy atom. The Labute approximate surface area is 160 Å². The van der Waals surface area contributed by atoms with Gasteiger partial charge in [0.2, 0.25) is 5.75 Å². The first kappa shape index (κ1) is 19.5. The summed E-state index contributed by atoms with van der Waals surface area (Å²) >= 11 is 0. The van der Waals surface area contributed by atoms with Gasteiger partial charge in [0.25, 0.3) is 0 Å². The molecule has 1 heterocycles. The number of benzene rings is 1. The van der Waals surface area contributed by atoms with Gasteiger partial charge in [0, 0.05) is 11.8 Å². The molecule has 2 amide bonds. The minimum absolute atomic E-state index is 0.141. The zero-order valence-corrected chi connectivity index (χ0v) is 15.5. The van der Waals surface area contributed by atoms with E-state index in [1.54, 1.807) is 6.92 Å². The molecule has 150 valence electrons. The van der Waals surface area contributed by atoms with Crippen molar-refractivity contribution in [1.82, 2.24) is 10.6 Å². The number of amides is 2. The van der Waals surface area contributed by atoms with Crippen molar-refractivity contribution in [2.45, 2.75) is 44.8 Å². The number of urea groups is 1. The summed E-state index contributed by atoms with van der Waals surface area (Å²) in [7, 11) is 1.25. The molecule has 28 heavy (non-hydrogen) atoms. The molecule has 1 aliphatic heterocycles. The Balaban J connectivity index is 2.03. The SMILES string of the molecule is COc1cc([C@@H]2NC(=O)NC(C)=C2C(=O)OC2CCCC2)cc([N+](=O)[O-])c1O. The van der Waals surface area contributed by atoms with Gasteiger partial charge in [-0.1, -0.05) is 0 Å². The zero-order valence-electron chi connectivity index (χ0n) is 15.5. The van der Waals surface area contributed by atoms with Crippen LogP contribution in [0.5, 0.6) is 11.5 Å². The topological polar surface area (TPSA) is 140 Å². The quantitative estimate of drug-likeness (QED) is 0.398. The number of hydrogen-bond donors (Lipinski definition) is 3. The maximum absolute atomic E-state index is 12.8. The number of nitrogens with one attached hydrogen (secondary N) is 2. The van der Waals surface area contributed by atoms with Gasteiger partial charge in [0.05, 0.1) is 23.6 Å². The second-order valence-electron chi connectivity index (χ2n) is 6.73. The van der Waals surface area contributed by atoms with Crippen molar-refractivity contribution in [3.05, 3.63) is 39.1 Å². The third-order valence-corrected chi connectivity index (χ3v) is 4.89. The van der Waals surface area contributed by atoms with Gasteiger partial charge in [-0.15, -0.1) is 0 Å². The number of nitro benzene ring substituents is 1. The summed E-state index contributed by atoms with van der Waals surface area (Å²) in [5, 5.41) is 26.4. The Bertz CT molecular complexity index is 859. The molecule has 0 unspecified atom stereocenters. The molecule has 1 atom stereocenters. The van der Waals surface area contributed by atoms with E-state index in [1.807, 2.05) is 0 Å². The Morgan fingerprint density at radius 2 is 2.00 bits per heavy atom. The fourth-order valence-corrected chi connectivity index (χ4v) is 3.51. The highest BCUT2D eigenvalue weighted by Crippen LogP contribution is 2.40. The molecule has 3 rings (SSSR count). The van der Waals surface area contributed by atoms with Gasteiger partial charge in [-0.25, -0.2) is 9.59 Å². The first-order valence-corrected chi connectivity index (χ1v) is 8.86. The van der Waals surface area contributed by atoms with Crippen molar-refractivity contribution in [2.24, 2.45) is 0 Å². The summed E-state index contributed by atoms with van der Waals surface area (Å²) in [6.45, 7) is 1.56. The monoisotopic (exact) mass is 391 g/mol. The molecule has 0 saturated heterocycles. The van der Waals surface area contributed by atoms with Crippen LogP contribution in [0.1, 0.15) is 44.2 Å². The number of hydrogen-bond acceptors (Lipinski definition) is 7. The number of ether oxygens (including phenoxy) is 2. The second-order valence-corrected chi connectivity index (χ2v) is 6.73. The van der Waals surface area contributed by atoms with E-state index >= 15 is 0 Å². The number of rotatable bonds is 5. The zero-order chi connectivity index (χ0) is 20.4. The summed E-state index contributed by atoms with van der Waals surface area (Å²) < 4.78 is 10.6. The molecule has 10 nitrogen and oxygen atoms in total. The minimum atomic E-state index is -0.990. The summed E-state index contributed by atoms with van der Waals surface area (Å²) in [4.78, 5) is 35.3. The van der Waals surface area contributed by atoms with Gasteiger partial charge in [0.15, 0.2) is 5.75 Å². The largest absolute Gasteiger partial charge is 0.500 e. The number of allylic oxidation sites excluding steroid dienone is 1. The predicted octanol–water partition coefficient (Wildman–Crippen LogP) is 2.42. The molecule has 0 bridgehead atoms. The summed E-state index contributed by atoms with van der Waals surface area (Å²) in [6.07, 6.45) is 3.34. The molecule has 1 aromatic carbocycles. The van der Waals surface area contributed by atoms with Crippen LogP contribution >= 0.6 is 0 Å². The van der Waals surface area contributed by atoms with E-state index in [0.29, 0.717) is 5.70 Å². The molecule has 3 N–H and O–H groups in total. The van der Waals surface area contributed by atoms with E-state index in [1.165, 1.54) is 13.2 Å². The lowest BCUT2D eigenvalue weighted by Gasteiger charge is -2.29. The number of phenolic OH excluding ortho intramolecular Hbond substituents is 1. The van der Waals surface area contributed by atoms with E-state index in [-0.39, 0.29) is 23.0 Å².